The molecule has 5 heteroatoms. The van der Waals surface area contributed by atoms with Crippen LogP contribution in [0.4, 0.5) is 4.39 Å². The maximum Gasteiger partial charge on any atom is 0.306 e. The number of hydrogen-bond acceptors (Lipinski definition) is 3. The number of rotatable bonds is 4. The minimum absolute atomic E-state index is 0.00959. The molecule has 17 heavy (non-hydrogen) atoms. The van der Waals surface area contributed by atoms with E-state index in [4.69, 9.17) is 11.6 Å². The van der Waals surface area contributed by atoms with E-state index in [-0.39, 0.29) is 22.8 Å². The molecule has 0 spiro atoms. The van der Waals surface area contributed by atoms with Crippen LogP contribution in [-0.2, 0) is 9.53 Å². The van der Waals surface area contributed by atoms with E-state index in [9.17, 15) is 14.0 Å². The summed E-state index contributed by atoms with van der Waals surface area (Å²) in [4.78, 5) is 22.9. The second kappa shape index (κ2) is 5.77. The first-order valence-electron chi connectivity index (χ1n) is 5.01. The monoisotopic (exact) mass is 258 g/mol. The Balaban J connectivity index is 2.81. The fourth-order valence-electron chi connectivity index (χ4n) is 1.36. The van der Waals surface area contributed by atoms with E-state index in [1.807, 2.05) is 0 Å². The molecule has 1 unspecified atom stereocenters. The minimum Gasteiger partial charge on any atom is -0.469 e. The maximum absolute atomic E-state index is 12.9. The Morgan fingerprint density at radius 2 is 2.12 bits per heavy atom. The number of methoxy groups -OCH3 is 1. The third kappa shape index (κ3) is 3.53. The normalized spacial score (nSPS) is 12.0. The summed E-state index contributed by atoms with van der Waals surface area (Å²) < 4.78 is 17.4. The van der Waals surface area contributed by atoms with E-state index < -0.39 is 17.7 Å². The molecule has 1 rings (SSSR count). The molecule has 92 valence electrons. The van der Waals surface area contributed by atoms with Crippen molar-refractivity contribution in [1.29, 1.82) is 0 Å². The van der Waals surface area contributed by atoms with Gasteiger partial charge >= 0.3 is 5.97 Å². The van der Waals surface area contributed by atoms with Crippen LogP contribution in [0.1, 0.15) is 23.7 Å². The molecule has 1 atom stereocenters. The van der Waals surface area contributed by atoms with Crippen LogP contribution in [0.15, 0.2) is 18.2 Å². The van der Waals surface area contributed by atoms with Crippen LogP contribution in [0, 0.1) is 11.7 Å². The van der Waals surface area contributed by atoms with E-state index in [0.29, 0.717) is 0 Å². The van der Waals surface area contributed by atoms with E-state index in [2.05, 4.69) is 4.74 Å². The Morgan fingerprint density at radius 1 is 1.47 bits per heavy atom. The first-order valence-corrected chi connectivity index (χ1v) is 5.39. The van der Waals surface area contributed by atoms with E-state index in [1.165, 1.54) is 19.2 Å². The Kier molecular flexibility index (Phi) is 4.63. The van der Waals surface area contributed by atoms with Gasteiger partial charge in [-0.3, -0.25) is 9.59 Å². The quantitative estimate of drug-likeness (QED) is 0.616. The van der Waals surface area contributed by atoms with Crippen molar-refractivity contribution >= 4 is 23.4 Å². The van der Waals surface area contributed by atoms with Crippen molar-refractivity contribution in [2.24, 2.45) is 5.92 Å². The SMILES string of the molecule is COC(=O)CC(C)C(=O)c1ccc(F)c(Cl)c1. The van der Waals surface area contributed by atoms with E-state index >= 15 is 0 Å². The summed E-state index contributed by atoms with van der Waals surface area (Å²) in [5, 5.41) is -0.110. The standard InChI is InChI=1S/C12H12ClFO3/c1-7(5-11(15)17-2)12(16)8-3-4-10(14)9(13)6-8/h3-4,6-7H,5H2,1-2H3. The van der Waals surface area contributed by atoms with Gasteiger partial charge < -0.3 is 4.74 Å². The highest BCUT2D eigenvalue weighted by Gasteiger charge is 2.19. The molecule has 0 saturated heterocycles. The van der Waals surface area contributed by atoms with Crippen LogP contribution < -0.4 is 0 Å². The molecular formula is C12H12ClFO3. The van der Waals surface area contributed by atoms with Gasteiger partial charge in [0, 0.05) is 11.5 Å². The smallest absolute Gasteiger partial charge is 0.306 e. The number of esters is 1. The molecule has 0 bridgehead atoms. The lowest BCUT2D eigenvalue weighted by Gasteiger charge is -2.09. The zero-order valence-corrected chi connectivity index (χ0v) is 10.3. The fraction of sp³-hybridized carbons (Fsp3) is 0.333. The van der Waals surface area contributed by atoms with Crippen LogP contribution >= 0.6 is 11.6 Å². The molecular weight excluding hydrogens is 247 g/mol. The number of Topliss-reactive ketones (excluding diaryl/α,β-unsaturated/α-hetero) is 1. The minimum atomic E-state index is -0.580. The van der Waals surface area contributed by atoms with Gasteiger partial charge in [0.2, 0.25) is 0 Å². The van der Waals surface area contributed by atoms with E-state index in [1.54, 1.807) is 6.92 Å². The Hall–Kier alpha value is -1.42. The van der Waals surface area contributed by atoms with Crippen LogP contribution in [0.2, 0.25) is 5.02 Å². The largest absolute Gasteiger partial charge is 0.469 e. The molecule has 0 heterocycles. The summed E-state index contributed by atoms with van der Waals surface area (Å²) in [5.41, 5.74) is 0.285. The molecule has 1 aromatic carbocycles. The number of hydrogen-bond donors (Lipinski definition) is 0. The molecule has 0 aliphatic heterocycles. The number of benzene rings is 1. The van der Waals surface area contributed by atoms with Gasteiger partial charge in [0.05, 0.1) is 18.6 Å². The fourth-order valence-corrected chi connectivity index (χ4v) is 1.54. The molecule has 0 aliphatic rings. The van der Waals surface area contributed by atoms with Crippen molar-refractivity contribution in [2.45, 2.75) is 13.3 Å². The average molecular weight is 259 g/mol. The van der Waals surface area contributed by atoms with Gasteiger partial charge in [-0.2, -0.15) is 0 Å². The molecule has 0 aromatic heterocycles. The first kappa shape index (κ1) is 13.6. The molecule has 0 saturated carbocycles. The highest BCUT2D eigenvalue weighted by Crippen LogP contribution is 2.19. The van der Waals surface area contributed by atoms with Gasteiger partial charge in [-0.15, -0.1) is 0 Å². The van der Waals surface area contributed by atoms with Crippen molar-refractivity contribution in [3.05, 3.63) is 34.6 Å². The predicted molar refractivity (Wildman–Crippen MR) is 61.5 cm³/mol. The second-order valence-corrected chi connectivity index (χ2v) is 4.08. The Labute approximate surface area is 104 Å². The lowest BCUT2D eigenvalue weighted by Crippen LogP contribution is -2.16. The lowest BCUT2D eigenvalue weighted by molar-refractivity contribution is -0.141. The number of carbonyl (C=O) groups is 2. The molecule has 0 amide bonds. The van der Waals surface area contributed by atoms with Gasteiger partial charge in [-0.25, -0.2) is 4.39 Å². The zero-order valence-electron chi connectivity index (χ0n) is 9.50. The van der Waals surface area contributed by atoms with Crippen molar-refractivity contribution in [3.63, 3.8) is 0 Å². The van der Waals surface area contributed by atoms with Crippen molar-refractivity contribution < 1.29 is 18.7 Å². The topological polar surface area (TPSA) is 43.4 Å². The number of ketones is 1. The van der Waals surface area contributed by atoms with Gasteiger partial charge in [-0.05, 0) is 18.2 Å². The zero-order chi connectivity index (χ0) is 13.0. The molecule has 0 aliphatic carbocycles. The first-order chi connectivity index (χ1) is 7.95. The van der Waals surface area contributed by atoms with Crippen molar-refractivity contribution in [3.8, 4) is 0 Å². The number of carbonyl (C=O) groups excluding carboxylic acids is 2. The van der Waals surface area contributed by atoms with Crippen LogP contribution in [0.5, 0.6) is 0 Å². The highest BCUT2D eigenvalue weighted by molar-refractivity contribution is 6.31. The van der Waals surface area contributed by atoms with Gasteiger partial charge in [-0.1, -0.05) is 18.5 Å². The maximum atomic E-state index is 12.9. The summed E-state index contributed by atoms with van der Waals surface area (Å²) in [6, 6.07) is 3.73. The number of ether oxygens (including phenoxy) is 1. The summed E-state index contributed by atoms with van der Waals surface area (Å²) in [6.07, 6.45) is -0.00959. The third-order valence-corrected chi connectivity index (χ3v) is 2.64. The van der Waals surface area contributed by atoms with Gasteiger partial charge in [0.15, 0.2) is 5.78 Å². The summed E-state index contributed by atoms with van der Waals surface area (Å²) in [7, 11) is 1.26. The molecule has 0 fully saturated rings. The highest BCUT2D eigenvalue weighted by atomic mass is 35.5. The van der Waals surface area contributed by atoms with Crippen LogP contribution in [0.3, 0.4) is 0 Å². The Morgan fingerprint density at radius 3 is 2.65 bits per heavy atom. The average Bonchev–Trinajstić information content (AvgIpc) is 2.31. The molecule has 3 nitrogen and oxygen atoms in total. The predicted octanol–water partition coefficient (Wildman–Crippen LogP) is 2.86. The van der Waals surface area contributed by atoms with E-state index in [0.717, 1.165) is 6.07 Å². The number of halogens is 2. The Bertz CT molecular complexity index is 445. The van der Waals surface area contributed by atoms with Gasteiger partial charge in [0.25, 0.3) is 0 Å². The molecule has 0 N–H and O–H groups in total. The summed E-state index contributed by atoms with van der Waals surface area (Å²) in [5.74, 6) is -1.83. The van der Waals surface area contributed by atoms with Crippen molar-refractivity contribution in [2.75, 3.05) is 7.11 Å². The van der Waals surface area contributed by atoms with Crippen molar-refractivity contribution in [1.82, 2.24) is 0 Å². The lowest BCUT2D eigenvalue weighted by atomic mass is 9.96. The second-order valence-electron chi connectivity index (χ2n) is 3.67. The summed E-state index contributed by atoms with van der Waals surface area (Å²) in [6.45, 7) is 1.61. The molecule has 1 aromatic rings. The molecule has 0 radical (unpaired) electrons. The van der Waals surface area contributed by atoms with Crippen LogP contribution in [-0.4, -0.2) is 18.9 Å². The third-order valence-electron chi connectivity index (χ3n) is 2.35. The summed E-state index contributed by atoms with van der Waals surface area (Å²) >= 11 is 5.58. The van der Waals surface area contributed by atoms with Gasteiger partial charge in [0.1, 0.15) is 5.82 Å². The van der Waals surface area contributed by atoms with Crippen LogP contribution in [0.25, 0.3) is 0 Å².